The zero-order valence-electron chi connectivity index (χ0n) is 15.5. The molecule has 1 amide bonds. The lowest BCUT2D eigenvalue weighted by molar-refractivity contribution is 0.0695. The van der Waals surface area contributed by atoms with E-state index in [-0.39, 0.29) is 17.8 Å². The molecule has 0 radical (unpaired) electrons. The van der Waals surface area contributed by atoms with Crippen LogP contribution in [0.3, 0.4) is 0 Å². The number of nitrogens with one attached hydrogen (secondary N) is 1. The number of carbonyl (C=O) groups is 1. The third-order valence-electron chi connectivity index (χ3n) is 5.54. The molecule has 5 heteroatoms. The smallest absolute Gasteiger partial charge is 0.253 e. The molecule has 4 nitrogen and oxygen atoms in total. The van der Waals surface area contributed by atoms with Crippen molar-refractivity contribution in [3.63, 3.8) is 0 Å². The highest BCUT2D eigenvalue weighted by molar-refractivity contribution is 5.94. The van der Waals surface area contributed by atoms with Gasteiger partial charge in [0.1, 0.15) is 11.6 Å². The van der Waals surface area contributed by atoms with Crippen LogP contribution >= 0.6 is 0 Å². The Morgan fingerprint density at radius 2 is 1.96 bits per heavy atom. The van der Waals surface area contributed by atoms with Crippen LogP contribution in [0.4, 0.5) is 4.39 Å². The lowest BCUT2D eigenvalue weighted by Gasteiger charge is -2.31. The van der Waals surface area contributed by atoms with Crippen LogP contribution < -0.4 is 0 Å². The summed E-state index contributed by atoms with van der Waals surface area (Å²) in [6.45, 7) is 0. The molecule has 1 aliphatic rings. The molecule has 0 atom stereocenters. The van der Waals surface area contributed by atoms with Crippen LogP contribution in [-0.2, 0) is 6.42 Å². The molecule has 3 aromatic rings. The van der Waals surface area contributed by atoms with Gasteiger partial charge in [0.05, 0.1) is 11.0 Å². The molecule has 0 spiro atoms. The average Bonchev–Trinajstić information content (AvgIpc) is 3.11. The third kappa shape index (κ3) is 3.72. The second-order valence-corrected chi connectivity index (χ2v) is 7.39. The van der Waals surface area contributed by atoms with Crippen molar-refractivity contribution in [1.29, 1.82) is 0 Å². The van der Waals surface area contributed by atoms with Gasteiger partial charge in [0.25, 0.3) is 5.91 Å². The lowest BCUT2D eigenvalue weighted by atomic mass is 9.94. The van der Waals surface area contributed by atoms with Gasteiger partial charge in [0.2, 0.25) is 0 Å². The summed E-state index contributed by atoms with van der Waals surface area (Å²) >= 11 is 0. The van der Waals surface area contributed by atoms with Crippen molar-refractivity contribution in [3.8, 4) is 0 Å². The summed E-state index contributed by atoms with van der Waals surface area (Å²) < 4.78 is 14.6. The zero-order chi connectivity index (χ0) is 18.8. The van der Waals surface area contributed by atoms with Gasteiger partial charge < -0.3 is 9.88 Å². The van der Waals surface area contributed by atoms with Crippen LogP contribution in [0.15, 0.2) is 42.5 Å². The topological polar surface area (TPSA) is 49.0 Å². The molecule has 4 rings (SSSR count). The van der Waals surface area contributed by atoms with E-state index in [0.717, 1.165) is 36.7 Å². The molecular formula is C22H24FN3O. The standard InChI is InChI=1S/C22H24FN3O/c1-26(17-7-3-2-4-8-17)22(27)16-12-11-15(18(23)13-16)14-21-24-19-9-5-6-10-20(19)25-21/h5-6,9-13,17H,2-4,7-8,14H2,1H3,(H,24,25). The second-order valence-electron chi connectivity index (χ2n) is 7.39. The van der Waals surface area contributed by atoms with E-state index < -0.39 is 0 Å². The van der Waals surface area contributed by atoms with E-state index in [1.165, 1.54) is 12.5 Å². The van der Waals surface area contributed by atoms with Gasteiger partial charge in [-0.05, 0) is 42.7 Å². The number of imidazole rings is 1. The van der Waals surface area contributed by atoms with E-state index in [2.05, 4.69) is 9.97 Å². The molecule has 0 bridgehead atoms. The summed E-state index contributed by atoms with van der Waals surface area (Å²) in [5.41, 5.74) is 2.75. The fraction of sp³-hybridized carbons (Fsp3) is 0.364. The van der Waals surface area contributed by atoms with Crippen molar-refractivity contribution >= 4 is 16.9 Å². The van der Waals surface area contributed by atoms with Crippen LogP contribution in [0, 0.1) is 5.82 Å². The summed E-state index contributed by atoms with van der Waals surface area (Å²) in [6.07, 6.45) is 6.00. The highest BCUT2D eigenvalue weighted by atomic mass is 19.1. The number of rotatable bonds is 4. The SMILES string of the molecule is CN(C(=O)c1ccc(Cc2nc3ccccc3[nH]2)c(F)c1)C1CCCCC1. The summed E-state index contributed by atoms with van der Waals surface area (Å²) in [6, 6.07) is 12.8. The molecule has 1 fully saturated rings. The fourth-order valence-electron chi connectivity index (χ4n) is 3.93. The second kappa shape index (κ2) is 7.51. The van der Waals surface area contributed by atoms with Gasteiger partial charge >= 0.3 is 0 Å². The summed E-state index contributed by atoms with van der Waals surface area (Å²) in [7, 11) is 1.83. The zero-order valence-corrected chi connectivity index (χ0v) is 15.5. The highest BCUT2D eigenvalue weighted by Gasteiger charge is 2.23. The van der Waals surface area contributed by atoms with Crippen molar-refractivity contribution in [2.24, 2.45) is 0 Å². The Morgan fingerprint density at radius 1 is 1.19 bits per heavy atom. The van der Waals surface area contributed by atoms with Crippen LogP contribution in [0.5, 0.6) is 0 Å². The molecule has 0 saturated heterocycles. The quantitative estimate of drug-likeness (QED) is 0.729. The number of fused-ring (bicyclic) bond motifs is 1. The van der Waals surface area contributed by atoms with Crippen LogP contribution in [-0.4, -0.2) is 33.9 Å². The molecule has 140 valence electrons. The number of hydrogen-bond donors (Lipinski definition) is 1. The van der Waals surface area contributed by atoms with Gasteiger partial charge in [-0.15, -0.1) is 0 Å². The number of aromatic amines is 1. The van der Waals surface area contributed by atoms with E-state index in [9.17, 15) is 9.18 Å². The Bertz CT molecular complexity index is 926. The average molecular weight is 365 g/mol. The summed E-state index contributed by atoms with van der Waals surface area (Å²) in [4.78, 5) is 22.2. The summed E-state index contributed by atoms with van der Waals surface area (Å²) in [5.74, 6) is 0.253. The number of nitrogens with zero attached hydrogens (tertiary/aromatic N) is 2. The highest BCUT2D eigenvalue weighted by Crippen LogP contribution is 2.24. The monoisotopic (exact) mass is 365 g/mol. The number of hydrogen-bond acceptors (Lipinski definition) is 2. The third-order valence-corrected chi connectivity index (χ3v) is 5.54. The Balaban J connectivity index is 1.50. The van der Waals surface area contributed by atoms with Crippen molar-refractivity contribution in [2.75, 3.05) is 7.05 Å². The lowest BCUT2D eigenvalue weighted by Crippen LogP contribution is -2.38. The molecule has 1 N–H and O–H groups in total. The molecule has 1 aliphatic carbocycles. The number of aromatic nitrogens is 2. The molecule has 1 saturated carbocycles. The maximum atomic E-state index is 14.6. The van der Waals surface area contributed by atoms with E-state index in [1.807, 2.05) is 31.3 Å². The number of halogens is 1. The van der Waals surface area contributed by atoms with Crippen molar-refractivity contribution in [2.45, 2.75) is 44.6 Å². The molecule has 1 heterocycles. The number of para-hydroxylation sites is 2. The predicted octanol–water partition coefficient (Wildman–Crippen LogP) is 4.70. The minimum absolute atomic E-state index is 0.101. The predicted molar refractivity (Wildman–Crippen MR) is 104 cm³/mol. The number of H-pyrrole nitrogens is 1. The van der Waals surface area contributed by atoms with Crippen LogP contribution in [0.2, 0.25) is 0 Å². The van der Waals surface area contributed by atoms with Gasteiger partial charge in [-0.3, -0.25) is 4.79 Å². The van der Waals surface area contributed by atoms with Crippen LogP contribution in [0.25, 0.3) is 11.0 Å². The Labute approximate surface area is 158 Å². The van der Waals surface area contributed by atoms with Crippen molar-refractivity contribution in [1.82, 2.24) is 14.9 Å². The first-order valence-corrected chi connectivity index (χ1v) is 9.61. The normalized spacial score (nSPS) is 15.2. The molecule has 0 aliphatic heterocycles. The van der Waals surface area contributed by atoms with Gasteiger partial charge in [0, 0.05) is 25.1 Å². The molecule has 0 unspecified atom stereocenters. The van der Waals surface area contributed by atoms with E-state index in [0.29, 0.717) is 23.4 Å². The molecular weight excluding hydrogens is 341 g/mol. The van der Waals surface area contributed by atoms with Crippen molar-refractivity contribution in [3.05, 3.63) is 65.2 Å². The van der Waals surface area contributed by atoms with Gasteiger partial charge in [-0.1, -0.05) is 37.5 Å². The Kier molecular flexibility index (Phi) is 4.92. The number of carbonyl (C=O) groups excluding carboxylic acids is 1. The van der Waals surface area contributed by atoms with E-state index in [1.54, 1.807) is 17.0 Å². The van der Waals surface area contributed by atoms with E-state index >= 15 is 0 Å². The number of amides is 1. The summed E-state index contributed by atoms with van der Waals surface area (Å²) in [5, 5.41) is 0. The fourth-order valence-corrected chi connectivity index (χ4v) is 3.93. The maximum Gasteiger partial charge on any atom is 0.253 e. The Morgan fingerprint density at radius 3 is 2.70 bits per heavy atom. The molecule has 2 aromatic carbocycles. The Hall–Kier alpha value is -2.69. The maximum absolute atomic E-state index is 14.6. The molecule has 1 aromatic heterocycles. The minimum atomic E-state index is -0.363. The minimum Gasteiger partial charge on any atom is -0.342 e. The van der Waals surface area contributed by atoms with Gasteiger partial charge in [-0.25, -0.2) is 9.37 Å². The van der Waals surface area contributed by atoms with E-state index in [4.69, 9.17) is 0 Å². The first kappa shape index (κ1) is 17.7. The first-order chi connectivity index (χ1) is 13.1. The van der Waals surface area contributed by atoms with Gasteiger partial charge in [0.15, 0.2) is 0 Å². The van der Waals surface area contributed by atoms with Crippen LogP contribution in [0.1, 0.15) is 53.8 Å². The van der Waals surface area contributed by atoms with Gasteiger partial charge in [-0.2, -0.15) is 0 Å². The largest absolute Gasteiger partial charge is 0.342 e. The first-order valence-electron chi connectivity index (χ1n) is 9.61. The number of benzene rings is 2. The molecule has 27 heavy (non-hydrogen) atoms. The van der Waals surface area contributed by atoms with Crippen molar-refractivity contribution < 1.29 is 9.18 Å².